The smallest absolute Gasteiger partial charge is 0.335 e. The topological polar surface area (TPSA) is 77.8 Å². The van der Waals surface area contributed by atoms with E-state index in [2.05, 4.69) is 6.07 Å². The number of fused-ring (bicyclic) bond motifs is 3. The maximum absolute atomic E-state index is 10.7. The van der Waals surface area contributed by atoms with Crippen molar-refractivity contribution in [2.75, 3.05) is 0 Å². The van der Waals surface area contributed by atoms with Gasteiger partial charge >= 0.3 is 5.97 Å². The summed E-state index contributed by atoms with van der Waals surface area (Å²) in [5.41, 5.74) is 4.95. The summed E-state index contributed by atoms with van der Waals surface area (Å²) < 4.78 is 0. The van der Waals surface area contributed by atoms with Crippen LogP contribution in [-0.2, 0) is 11.2 Å². The molecule has 2 unspecified atom stereocenters. The first-order valence-corrected chi connectivity index (χ1v) is 6.38. The third-order valence-electron chi connectivity index (χ3n) is 3.71. The van der Waals surface area contributed by atoms with Gasteiger partial charge in [0.15, 0.2) is 6.10 Å². The lowest BCUT2D eigenvalue weighted by Crippen LogP contribution is -2.27. The molecule has 1 aliphatic carbocycles. The lowest BCUT2D eigenvalue weighted by molar-refractivity contribution is -0.153. The van der Waals surface area contributed by atoms with Gasteiger partial charge in [-0.1, -0.05) is 42.5 Å². The Morgan fingerprint density at radius 2 is 1.70 bits per heavy atom. The van der Waals surface area contributed by atoms with Gasteiger partial charge in [0.05, 0.1) is 0 Å². The summed E-state index contributed by atoms with van der Waals surface area (Å²) in [5.74, 6) is -1.43. The van der Waals surface area contributed by atoms with Gasteiger partial charge in [-0.3, -0.25) is 0 Å². The Kier molecular flexibility index (Phi) is 3.04. The molecule has 0 fully saturated rings. The third-order valence-corrected chi connectivity index (χ3v) is 3.71. The Balaban J connectivity index is 1.97. The minimum Gasteiger partial charge on any atom is -0.479 e. The summed E-state index contributed by atoms with van der Waals surface area (Å²) in [7, 11) is 0. The number of aliphatic hydroxyl groups is 2. The number of aliphatic hydroxyl groups excluding tert-OH is 2. The number of rotatable bonds is 3. The molecule has 0 aliphatic heterocycles. The van der Waals surface area contributed by atoms with E-state index in [-0.39, 0.29) is 0 Å². The quantitative estimate of drug-likeness (QED) is 0.677. The SMILES string of the molecule is O=C(O)C(O)C(O)c1ccc2c(c1)Cc1ccccc1-2. The van der Waals surface area contributed by atoms with Crippen molar-refractivity contribution in [3.05, 3.63) is 59.2 Å². The van der Waals surface area contributed by atoms with E-state index in [0.717, 1.165) is 17.5 Å². The minimum atomic E-state index is -1.81. The van der Waals surface area contributed by atoms with Crippen LogP contribution in [0.15, 0.2) is 42.5 Å². The molecular formula is C16H14O4. The maximum Gasteiger partial charge on any atom is 0.335 e. The van der Waals surface area contributed by atoms with Crippen LogP contribution in [0.4, 0.5) is 0 Å². The predicted octanol–water partition coefficient (Wildman–Crippen LogP) is 1.74. The molecule has 4 nitrogen and oxygen atoms in total. The number of benzene rings is 2. The van der Waals surface area contributed by atoms with Crippen molar-refractivity contribution in [1.29, 1.82) is 0 Å². The van der Waals surface area contributed by atoms with Crippen LogP contribution >= 0.6 is 0 Å². The zero-order chi connectivity index (χ0) is 14.3. The molecule has 102 valence electrons. The van der Waals surface area contributed by atoms with Crippen LogP contribution in [-0.4, -0.2) is 27.4 Å². The number of carboxylic acid groups (broad SMARTS) is 1. The van der Waals surface area contributed by atoms with Crippen LogP contribution in [0.3, 0.4) is 0 Å². The first-order chi connectivity index (χ1) is 9.58. The molecule has 2 atom stereocenters. The molecule has 3 N–H and O–H groups in total. The standard InChI is InChI=1S/C16H14O4/c17-14(15(18)16(19)20)10-5-6-13-11(8-10)7-9-3-1-2-4-12(9)13/h1-6,8,14-15,17-18H,7H2,(H,19,20). The van der Waals surface area contributed by atoms with Gasteiger partial charge < -0.3 is 15.3 Å². The van der Waals surface area contributed by atoms with E-state index in [1.165, 1.54) is 11.1 Å². The number of hydrogen-bond acceptors (Lipinski definition) is 3. The van der Waals surface area contributed by atoms with Gasteiger partial charge in [-0.05, 0) is 34.2 Å². The Bertz CT molecular complexity index is 678. The van der Waals surface area contributed by atoms with Crippen LogP contribution in [0.25, 0.3) is 11.1 Å². The van der Waals surface area contributed by atoms with Crippen molar-refractivity contribution in [3.8, 4) is 11.1 Å². The fourth-order valence-corrected chi connectivity index (χ4v) is 2.67. The second kappa shape index (κ2) is 4.74. The van der Waals surface area contributed by atoms with E-state index < -0.39 is 18.2 Å². The molecule has 2 aromatic carbocycles. The molecular weight excluding hydrogens is 256 g/mol. The van der Waals surface area contributed by atoms with Crippen molar-refractivity contribution in [2.45, 2.75) is 18.6 Å². The summed E-state index contributed by atoms with van der Waals surface area (Å²) in [6, 6.07) is 13.4. The molecule has 0 saturated heterocycles. The van der Waals surface area contributed by atoms with Gasteiger partial charge in [0, 0.05) is 0 Å². The van der Waals surface area contributed by atoms with Crippen LogP contribution in [0.2, 0.25) is 0 Å². The summed E-state index contributed by atoms with van der Waals surface area (Å²) in [4.78, 5) is 10.7. The van der Waals surface area contributed by atoms with Gasteiger partial charge in [-0.2, -0.15) is 0 Å². The van der Waals surface area contributed by atoms with Crippen molar-refractivity contribution in [2.24, 2.45) is 0 Å². The lowest BCUT2D eigenvalue weighted by Gasteiger charge is -2.15. The van der Waals surface area contributed by atoms with Gasteiger partial charge in [-0.15, -0.1) is 0 Å². The van der Waals surface area contributed by atoms with Crippen LogP contribution in [0.5, 0.6) is 0 Å². The monoisotopic (exact) mass is 270 g/mol. The van der Waals surface area contributed by atoms with E-state index in [1.807, 2.05) is 24.3 Å². The van der Waals surface area contributed by atoms with E-state index in [4.69, 9.17) is 5.11 Å². The summed E-state index contributed by atoms with van der Waals surface area (Å²) in [6.45, 7) is 0. The van der Waals surface area contributed by atoms with Gasteiger partial charge in [0.1, 0.15) is 6.10 Å². The van der Waals surface area contributed by atoms with Crippen LogP contribution in [0, 0.1) is 0 Å². The van der Waals surface area contributed by atoms with E-state index >= 15 is 0 Å². The molecule has 0 saturated carbocycles. The molecule has 0 bridgehead atoms. The first kappa shape index (κ1) is 12.8. The molecule has 0 aromatic heterocycles. The minimum absolute atomic E-state index is 0.423. The van der Waals surface area contributed by atoms with Crippen molar-refractivity contribution in [1.82, 2.24) is 0 Å². The van der Waals surface area contributed by atoms with Crippen molar-refractivity contribution < 1.29 is 20.1 Å². The molecule has 0 heterocycles. The van der Waals surface area contributed by atoms with Crippen LogP contribution < -0.4 is 0 Å². The second-order valence-electron chi connectivity index (χ2n) is 4.98. The molecule has 3 rings (SSSR count). The fraction of sp³-hybridized carbons (Fsp3) is 0.188. The van der Waals surface area contributed by atoms with Crippen molar-refractivity contribution >= 4 is 5.97 Å². The van der Waals surface area contributed by atoms with Gasteiger partial charge in [0.25, 0.3) is 0 Å². The Morgan fingerprint density at radius 1 is 1.00 bits per heavy atom. The highest BCUT2D eigenvalue weighted by Crippen LogP contribution is 2.37. The third kappa shape index (κ3) is 1.99. The molecule has 0 spiro atoms. The summed E-state index contributed by atoms with van der Waals surface area (Å²) in [5, 5.41) is 28.0. The van der Waals surface area contributed by atoms with E-state index in [9.17, 15) is 15.0 Å². The van der Waals surface area contributed by atoms with Crippen molar-refractivity contribution in [3.63, 3.8) is 0 Å². The predicted molar refractivity (Wildman–Crippen MR) is 73.3 cm³/mol. The first-order valence-electron chi connectivity index (χ1n) is 6.38. The average Bonchev–Trinajstić information content (AvgIpc) is 2.83. The Hall–Kier alpha value is -2.17. The average molecular weight is 270 g/mol. The Labute approximate surface area is 115 Å². The number of aliphatic carboxylic acids is 1. The Morgan fingerprint density at radius 3 is 2.45 bits per heavy atom. The molecule has 20 heavy (non-hydrogen) atoms. The maximum atomic E-state index is 10.7. The number of hydrogen-bond donors (Lipinski definition) is 3. The molecule has 2 aromatic rings. The van der Waals surface area contributed by atoms with E-state index in [1.54, 1.807) is 12.1 Å². The second-order valence-corrected chi connectivity index (χ2v) is 4.98. The molecule has 0 amide bonds. The summed E-state index contributed by atoms with van der Waals surface area (Å²) in [6.07, 6.45) is -2.46. The van der Waals surface area contributed by atoms with Gasteiger partial charge in [-0.25, -0.2) is 4.79 Å². The largest absolute Gasteiger partial charge is 0.479 e. The normalized spacial score (nSPS) is 15.3. The highest BCUT2D eigenvalue weighted by Gasteiger charge is 2.27. The number of carboxylic acids is 1. The molecule has 4 heteroatoms. The zero-order valence-corrected chi connectivity index (χ0v) is 10.7. The molecule has 1 aliphatic rings. The van der Waals surface area contributed by atoms with E-state index in [0.29, 0.717) is 5.56 Å². The summed E-state index contributed by atoms with van der Waals surface area (Å²) >= 11 is 0. The lowest BCUT2D eigenvalue weighted by atomic mass is 9.98. The number of carbonyl (C=O) groups is 1. The van der Waals surface area contributed by atoms with Gasteiger partial charge in [0.2, 0.25) is 0 Å². The highest BCUT2D eigenvalue weighted by molar-refractivity contribution is 5.77. The fourth-order valence-electron chi connectivity index (χ4n) is 2.67. The molecule has 0 radical (unpaired) electrons. The van der Waals surface area contributed by atoms with Crippen LogP contribution in [0.1, 0.15) is 22.8 Å². The highest BCUT2D eigenvalue weighted by atomic mass is 16.4. The zero-order valence-electron chi connectivity index (χ0n) is 10.7.